The second-order valence-corrected chi connectivity index (χ2v) is 11.6. The molecule has 134 valence electrons. The Balaban J connectivity index is 0.00000121. The van der Waals surface area contributed by atoms with E-state index in [9.17, 15) is 0 Å². The van der Waals surface area contributed by atoms with E-state index in [-0.39, 0.29) is 24.8 Å². The van der Waals surface area contributed by atoms with Gasteiger partial charge in [0, 0.05) is 0 Å². The molecule has 2 aromatic carbocycles. The van der Waals surface area contributed by atoms with Crippen molar-refractivity contribution in [2.24, 2.45) is 5.41 Å². The number of fused-ring (bicyclic) bond motifs is 3. The first-order chi connectivity index (χ1) is 11.4. The van der Waals surface area contributed by atoms with Gasteiger partial charge in [0.25, 0.3) is 0 Å². The van der Waals surface area contributed by atoms with E-state index in [1.165, 1.54) is 17.5 Å². The van der Waals surface area contributed by atoms with Gasteiger partial charge in [0.15, 0.2) is 0 Å². The third kappa shape index (κ3) is 3.82. The van der Waals surface area contributed by atoms with Gasteiger partial charge in [-0.2, -0.15) is 0 Å². The van der Waals surface area contributed by atoms with Gasteiger partial charge in [-0.05, 0) is 0 Å². The van der Waals surface area contributed by atoms with Crippen molar-refractivity contribution in [2.45, 2.75) is 37.7 Å². The Morgan fingerprint density at radius 1 is 0.846 bits per heavy atom. The van der Waals surface area contributed by atoms with Crippen LogP contribution in [-0.2, 0) is 23.2 Å². The van der Waals surface area contributed by atoms with Crippen molar-refractivity contribution in [2.75, 3.05) is 0 Å². The summed E-state index contributed by atoms with van der Waals surface area (Å²) in [6.45, 7) is 9.38. The molecule has 0 unspecified atom stereocenters. The van der Waals surface area contributed by atoms with Crippen molar-refractivity contribution < 1.29 is 48.0 Å². The van der Waals surface area contributed by atoms with Gasteiger partial charge in [-0.25, -0.2) is 0 Å². The van der Waals surface area contributed by atoms with Gasteiger partial charge >= 0.3 is 158 Å². The van der Waals surface area contributed by atoms with Crippen LogP contribution in [0.2, 0.25) is 0 Å². The van der Waals surface area contributed by atoms with Crippen molar-refractivity contribution in [3.63, 3.8) is 0 Å². The van der Waals surface area contributed by atoms with Gasteiger partial charge in [-0.3, -0.25) is 0 Å². The van der Waals surface area contributed by atoms with Crippen LogP contribution >= 0.6 is 0 Å². The van der Waals surface area contributed by atoms with Crippen LogP contribution in [-0.4, -0.2) is 0 Å². The van der Waals surface area contributed by atoms with Crippen LogP contribution in [0.4, 0.5) is 0 Å². The molecule has 2 aliphatic rings. The topological polar surface area (TPSA) is 0 Å². The van der Waals surface area contributed by atoms with Crippen LogP contribution in [0, 0.1) is 5.41 Å². The maximum atomic E-state index is 2.48. The predicted octanol–water partition coefficient (Wildman–Crippen LogP) is 0.497. The normalized spacial score (nSPS) is 15.5. The Bertz CT molecular complexity index is 826. The van der Waals surface area contributed by atoms with Crippen LogP contribution in [0.5, 0.6) is 0 Å². The molecule has 0 N–H and O–H groups in total. The molecule has 0 nitrogen and oxygen atoms in total. The monoisotopic (exact) mass is 460 g/mol. The Hall–Kier alpha value is -0.617. The van der Waals surface area contributed by atoms with Crippen LogP contribution in [0.25, 0.3) is 11.1 Å². The summed E-state index contributed by atoms with van der Waals surface area (Å²) in [5.74, 6) is 0. The fourth-order valence-electron chi connectivity index (χ4n) is 3.86. The summed E-state index contributed by atoms with van der Waals surface area (Å²) in [7, 11) is 0. The van der Waals surface area contributed by atoms with Gasteiger partial charge in [-0.1, -0.05) is 0 Å². The molecule has 0 saturated carbocycles. The van der Waals surface area contributed by atoms with Gasteiger partial charge in [0.05, 0.1) is 0 Å². The predicted molar refractivity (Wildman–Crippen MR) is 98.6 cm³/mol. The van der Waals surface area contributed by atoms with Crippen molar-refractivity contribution in [1.82, 2.24) is 0 Å². The van der Waals surface area contributed by atoms with Crippen molar-refractivity contribution in [1.29, 1.82) is 0 Å². The number of halogens is 2. The second-order valence-electron chi connectivity index (χ2n) is 8.01. The molecule has 4 rings (SSSR count). The Morgan fingerprint density at radius 2 is 1.35 bits per heavy atom. The number of benzene rings is 2. The van der Waals surface area contributed by atoms with Crippen LogP contribution < -0.4 is 24.8 Å². The quantitative estimate of drug-likeness (QED) is 0.610. The van der Waals surface area contributed by atoms with E-state index < -0.39 is 23.2 Å². The van der Waals surface area contributed by atoms with Crippen molar-refractivity contribution in [3.05, 3.63) is 80.2 Å². The van der Waals surface area contributed by atoms with E-state index in [1.807, 2.05) is 0 Å². The SMILES string of the molecule is CC1=[C]([Zr+2][CH]2c3ccccc3-c3ccccc32)CC(C(C)(C)C)=C1.[Cl-].[Cl-]. The summed E-state index contributed by atoms with van der Waals surface area (Å²) in [6, 6.07) is 18.1. The first-order valence-electron chi connectivity index (χ1n) is 8.81. The number of hydrogen-bond donors (Lipinski definition) is 0. The van der Waals surface area contributed by atoms with E-state index in [0.29, 0.717) is 9.04 Å². The first kappa shape index (κ1) is 21.7. The molecule has 0 aliphatic heterocycles. The van der Waals surface area contributed by atoms with Crippen LogP contribution in [0.1, 0.15) is 48.9 Å². The fourth-order valence-corrected chi connectivity index (χ4v) is 8.18. The minimum atomic E-state index is -0.701. The number of allylic oxidation sites excluding steroid dienone is 4. The van der Waals surface area contributed by atoms with Gasteiger partial charge in [0.1, 0.15) is 0 Å². The van der Waals surface area contributed by atoms with Gasteiger partial charge in [0.2, 0.25) is 0 Å². The van der Waals surface area contributed by atoms with E-state index in [2.05, 4.69) is 82.3 Å². The maximum absolute atomic E-state index is 2.48. The molecule has 26 heavy (non-hydrogen) atoms. The molecule has 0 atom stereocenters. The van der Waals surface area contributed by atoms with Crippen LogP contribution in [0.3, 0.4) is 0 Å². The van der Waals surface area contributed by atoms with E-state index in [1.54, 1.807) is 25.6 Å². The number of rotatable bonds is 2. The molecule has 0 bridgehead atoms. The molecule has 0 amide bonds. The minimum absolute atomic E-state index is 0. The zero-order valence-corrected chi connectivity index (χ0v) is 19.7. The summed E-state index contributed by atoms with van der Waals surface area (Å²) < 4.78 is 2.47. The molecular formula is C23H24Cl2Zr. The Morgan fingerprint density at radius 3 is 1.81 bits per heavy atom. The smallest absolute Gasteiger partial charge is 1.00 e. The largest absolute Gasteiger partial charge is 1.00 e. The van der Waals surface area contributed by atoms with E-state index >= 15 is 0 Å². The molecule has 0 heterocycles. The van der Waals surface area contributed by atoms with Crippen LogP contribution in [0.15, 0.2) is 69.0 Å². The zero-order chi connectivity index (χ0) is 16.9. The summed E-state index contributed by atoms with van der Waals surface area (Å²) in [6.07, 6.45) is 3.70. The molecule has 3 heteroatoms. The molecule has 0 spiro atoms. The Kier molecular flexibility index (Phi) is 6.82. The second kappa shape index (κ2) is 8.18. The van der Waals surface area contributed by atoms with Gasteiger partial charge in [-0.15, -0.1) is 0 Å². The standard InChI is InChI=1S/C13H9.C10H15.2ClH.Zr/c1-3-7-12-10(5-1)9-11-6-2-4-8-13(11)12;1-8-5-6-9(7-8)10(2,3)4;;;/h1-9H;7H,6H2,1-4H3;2*1H;/q;;;;+2/p-2. The first-order valence-corrected chi connectivity index (χ1v) is 11.5. The average Bonchev–Trinajstić information content (AvgIpc) is 3.08. The third-order valence-electron chi connectivity index (χ3n) is 5.35. The summed E-state index contributed by atoms with van der Waals surface area (Å²) in [4.78, 5) is 0. The van der Waals surface area contributed by atoms with Gasteiger partial charge < -0.3 is 24.8 Å². The average molecular weight is 463 g/mol. The molecule has 2 aromatic rings. The molecule has 0 fully saturated rings. The zero-order valence-electron chi connectivity index (χ0n) is 15.7. The van der Waals surface area contributed by atoms with Crippen molar-refractivity contribution >= 4 is 0 Å². The fraction of sp³-hybridized carbons (Fsp3) is 0.304. The maximum Gasteiger partial charge on any atom is -1.00 e. The third-order valence-corrected chi connectivity index (χ3v) is 9.85. The molecule has 0 radical (unpaired) electrons. The Labute approximate surface area is 181 Å². The summed E-state index contributed by atoms with van der Waals surface area (Å²) in [5, 5.41) is 0. The molecular weight excluding hydrogens is 438 g/mol. The van der Waals surface area contributed by atoms with E-state index in [0.717, 1.165) is 0 Å². The summed E-state index contributed by atoms with van der Waals surface area (Å²) in [5.41, 5.74) is 9.58. The van der Waals surface area contributed by atoms with E-state index in [4.69, 9.17) is 0 Å². The molecule has 2 aliphatic carbocycles. The van der Waals surface area contributed by atoms with Crippen molar-refractivity contribution in [3.8, 4) is 11.1 Å². The number of hydrogen-bond acceptors (Lipinski definition) is 0. The summed E-state index contributed by atoms with van der Waals surface area (Å²) >= 11 is -0.701. The molecule has 0 saturated heterocycles. The minimum Gasteiger partial charge on any atom is -1.00 e. The molecule has 0 aromatic heterocycles.